The fourth-order valence-corrected chi connectivity index (χ4v) is 2.15. The molecule has 5 heteroatoms. The Morgan fingerprint density at radius 3 is 2.56 bits per heavy atom. The molecule has 0 radical (unpaired) electrons. The van der Waals surface area contributed by atoms with Crippen LogP contribution in [-0.4, -0.2) is 31.2 Å². The van der Waals surface area contributed by atoms with Gasteiger partial charge in [-0.25, -0.2) is 0 Å². The molecule has 1 aliphatic carbocycles. The van der Waals surface area contributed by atoms with E-state index in [1.54, 1.807) is 0 Å². The summed E-state index contributed by atoms with van der Waals surface area (Å²) in [7, 11) is 0. The molecule has 1 fully saturated rings. The minimum Gasteiger partial charge on any atom is -0.372 e. The van der Waals surface area contributed by atoms with E-state index in [-0.39, 0.29) is 24.9 Å². The van der Waals surface area contributed by atoms with E-state index in [4.69, 9.17) is 10.5 Å². The molecular weight excluding hydrogens is 252 g/mol. The minimum absolute atomic E-state index is 0. The number of amides is 1. The Bertz CT molecular complexity index is 219. The van der Waals surface area contributed by atoms with Gasteiger partial charge in [0.15, 0.2) is 0 Å². The number of ether oxygens (including phenoxy) is 1. The number of unbranched alkanes of at least 4 members (excludes halogenated alkanes) is 2. The summed E-state index contributed by atoms with van der Waals surface area (Å²) in [6, 6.07) is 0.634. The highest BCUT2D eigenvalue weighted by molar-refractivity contribution is 5.85. The molecule has 1 aliphatic rings. The van der Waals surface area contributed by atoms with E-state index in [2.05, 4.69) is 12.2 Å². The molecule has 0 saturated heterocycles. The van der Waals surface area contributed by atoms with Gasteiger partial charge in [-0.2, -0.15) is 0 Å². The molecule has 3 N–H and O–H groups in total. The fraction of sp³-hybridized carbons (Fsp3) is 0.923. The predicted octanol–water partition coefficient (Wildman–Crippen LogP) is 2.00. The summed E-state index contributed by atoms with van der Waals surface area (Å²) in [5.74, 6) is 0.0157. The summed E-state index contributed by atoms with van der Waals surface area (Å²) >= 11 is 0. The van der Waals surface area contributed by atoms with Gasteiger partial charge in [0.05, 0.1) is 0 Å². The Hall–Kier alpha value is -0.320. The van der Waals surface area contributed by atoms with E-state index in [9.17, 15) is 4.79 Å². The molecule has 1 amide bonds. The molecule has 0 aromatic carbocycles. The van der Waals surface area contributed by atoms with Gasteiger partial charge in [0.25, 0.3) is 0 Å². The zero-order valence-corrected chi connectivity index (χ0v) is 12.1. The Kier molecular flexibility index (Phi) is 10.4. The normalized spacial score (nSPS) is 23.2. The van der Waals surface area contributed by atoms with Gasteiger partial charge in [0.2, 0.25) is 5.91 Å². The molecular formula is C13H27ClN2O2. The van der Waals surface area contributed by atoms with Crippen molar-refractivity contribution in [1.82, 2.24) is 5.32 Å². The van der Waals surface area contributed by atoms with E-state index < -0.39 is 0 Å². The van der Waals surface area contributed by atoms with Crippen molar-refractivity contribution in [2.45, 2.75) is 64.0 Å². The molecule has 0 heterocycles. The number of hydrogen-bond acceptors (Lipinski definition) is 3. The maximum Gasteiger partial charge on any atom is 0.246 e. The first kappa shape index (κ1) is 17.7. The summed E-state index contributed by atoms with van der Waals surface area (Å²) in [5.41, 5.74) is 5.82. The summed E-state index contributed by atoms with van der Waals surface area (Å²) < 4.78 is 5.32. The van der Waals surface area contributed by atoms with Crippen LogP contribution in [-0.2, 0) is 9.53 Å². The molecule has 1 rings (SSSR count). The summed E-state index contributed by atoms with van der Waals surface area (Å²) in [6.07, 6.45) is 7.43. The van der Waals surface area contributed by atoms with Crippen LogP contribution in [0.5, 0.6) is 0 Å². The van der Waals surface area contributed by atoms with Crippen LogP contribution in [0.3, 0.4) is 0 Å². The van der Waals surface area contributed by atoms with Gasteiger partial charge in [-0.1, -0.05) is 19.8 Å². The molecule has 0 aromatic heterocycles. The van der Waals surface area contributed by atoms with E-state index in [1.165, 1.54) is 12.8 Å². The van der Waals surface area contributed by atoms with Crippen LogP contribution in [0.4, 0.5) is 0 Å². The van der Waals surface area contributed by atoms with E-state index in [0.717, 1.165) is 32.1 Å². The zero-order chi connectivity index (χ0) is 12.5. The summed E-state index contributed by atoms with van der Waals surface area (Å²) in [6.45, 7) is 3.05. The number of hydrogen-bond donors (Lipinski definition) is 2. The number of rotatable bonds is 7. The highest BCUT2D eigenvalue weighted by Gasteiger charge is 2.19. The maximum atomic E-state index is 11.6. The smallest absolute Gasteiger partial charge is 0.246 e. The highest BCUT2D eigenvalue weighted by atomic mass is 35.5. The molecule has 0 bridgehead atoms. The van der Waals surface area contributed by atoms with E-state index in [1.807, 2.05) is 0 Å². The number of halogens is 1. The number of carbonyl (C=O) groups is 1. The lowest BCUT2D eigenvalue weighted by molar-refractivity contribution is -0.126. The summed E-state index contributed by atoms with van der Waals surface area (Å²) in [5, 5.41) is 3.01. The van der Waals surface area contributed by atoms with Crippen LogP contribution in [0.15, 0.2) is 0 Å². The van der Waals surface area contributed by atoms with Crippen molar-refractivity contribution < 1.29 is 9.53 Å². The monoisotopic (exact) mass is 278 g/mol. The third-order valence-electron chi connectivity index (χ3n) is 3.26. The van der Waals surface area contributed by atoms with Gasteiger partial charge in [-0.3, -0.25) is 4.79 Å². The largest absolute Gasteiger partial charge is 0.372 e. The average molecular weight is 279 g/mol. The van der Waals surface area contributed by atoms with Gasteiger partial charge in [-0.15, -0.1) is 12.4 Å². The van der Waals surface area contributed by atoms with E-state index >= 15 is 0 Å². The predicted molar refractivity (Wildman–Crippen MR) is 76.0 cm³/mol. The summed E-state index contributed by atoms with van der Waals surface area (Å²) in [4.78, 5) is 11.6. The molecule has 108 valence electrons. The maximum absolute atomic E-state index is 11.6. The van der Waals surface area contributed by atoms with Crippen LogP contribution in [0.25, 0.3) is 0 Å². The molecule has 0 unspecified atom stereocenters. The highest BCUT2D eigenvalue weighted by Crippen LogP contribution is 2.16. The van der Waals surface area contributed by atoms with Crippen molar-refractivity contribution in [2.75, 3.05) is 13.2 Å². The second kappa shape index (κ2) is 10.6. The van der Waals surface area contributed by atoms with Crippen molar-refractivity contribution in [2.24, 2.45) is 5.73 Å². The van der Waals surface area contributed by atoms with Crippen LogP contribution < -0.4 is 11.1 Å². The van der Waals surface area contributed by atoms with Crippen molar-refractivity contribution in [1.29, 1.82) is 0 Å². The second-order valence-electron chi connectivity index (χ2n) is 4.94. The number of nitrogens with two attached hydrogens (primary N) is 1. The van der Waals surface area contributed by atoms with Crippen molar-refractivity contribution in [3.05, 3.63) is 0 Å². The van der Waals surface area contributed by atoms with Gasteiger partial charge >= 0.3 is 0 Å². The molecule has 1 saturated carbocycles. The quantitative estimate of drug-likeness (QED) is 0.700. The molecule has 18 heavy (non-hydrogen) atoms. The lowest BCUT2D eigenvalue weighted by atomic mass is 9.92. The lowest BCUT2D eigenvalue weighted by Gasteiger charge is -2.26. The minimum atomic E-state index is 0. The fourth-order valence-electron chi connectivity index (χ4n) is 2.15. The number of carbonyl (C=O) groups excluding carboxylic acids is 1. The SMILES string of the molecule is CCCCCOCC(=O)NC1CCC(N)CC1.Cl. The van der Waals surface area contributed by atoms with Crippen molar-refractivity contribution >= 4 is 18.3 Å². The number of nitrogens with one attached hydrogen (secondary N) is 1. The Labute approximate surface area is 116 Å². The third kappa shape index (κ3) is 7.90. The van der Waals surface area contributed by atoms with Gasteiger partial charge < -0.3 is 15.8 Å². The van der Waals surface area contributed by atoms with Gasteiger partial charge in [0.1, 0.15) is 6.61 Å². The topological polar surface area (TPSA) is 64.3 Å². The van der Waals surface area contributed by atoms with Gasteiger partial charge in [0, 0.05) is 18.7 Å². The standard InChI is InChI=1S/C13H26N2O2.ClH/c1-2-3-4-9-17-10-13(16)15-12-7-5-11(14)6-8-12;/h11-12H,2-10,14H2,1H3,(H,15,16);1H. The lowest BCUT2D eigenvalue weighted by Crippen LogP contribution is -2.41. The van der Waals surface area contributed by atoms with Crippen molar-refractivity contribution in [3.63, 3.8) is 0 Å². The molecule has 0 aromatic rings. The van der Waals surface area contributed by atoms with Crippen LogP contribution in [0.2, 0.25) is 0 Å². The Balaban J connectivity index is 0.00000289. The van der Waals surface area contributed by atoms with Crippen LogP contribution in [0.1, 0.15) is 51.9 Å². The third-order valence-corrected chi connectivity index (χ3v) is 3.26. The molecule has 0 spiro atoms. The first-order valence-electron chi connectivity index (χ1n) is 6.85. The first-order valence-corrected chi connectivity index (χ1v) is 6.85. The van der Waals surface area contributed by atoms with Crippen molar-refractivity contribution in [3.8, 4) is 0 Å². The van der Waals surface area contributed by atoms with Gasteiger partial charge in [-0.05, 0) is 32.1 Å². The van der Waals surface area contributed by atoms with E-state index in [0.29, 0.717) is 18.7 Å². The zero-order valence-electron chi connectivity index (χ0n) is 11.3. The Morgan fingerprint density at radius 2 is 1.94 bits per heavy atom. The van der Waals surface area contributed by atoms with Crippen LogP contribution >= 0.6 is 12.4 Å². The molecule has 4 nitrogen and oxygen atoms in total. The van der Waals surface area contributed by atoms with Crippen LogP contribution in [0, 0.1) is 0 Å². The Morgan fingerprint density at radius 1 is 1.28 bits per heavy atom. The molecule has 0 aliphatic heterocycles. The first-order chi connectivity index (χ1) is 8.22. The average Bonchev–Trinajstić information content (AvgIpc) is 2.32. The second-order valence-corrected chi connectivity index (χ2v) is 4.94. The molecule has 0 atom stereocenters.